The van der Waals surface area contributed by atoms with Crippen molar-refractivity contribution < 1.29 is 4.74 Å². The van der Waals surface area contributed by atoms with E-state index in [-0.39, 0.29) is 5.54 Å². The normalized spacial score (nSPS) is 38.9. The van der Waals surface area contributed by atoms with E-state index in [1.54, 1.807) is 0 Å². The van der Waals surface area contributed by atoms with Crippen molar-refractivity contribution in [2.24, 2.45) is 10.4 Å². The molecule has 100 valence electrons. The number of fused-ring (bicyclic) bond motifs is 3. The third kappa shape index (κ3) is 1.55. The quantitative estimate of drug-likeness (QED) is 0.770. The van der Waals surface area contributed by atoms with Crippen LogP contribution in [0.3, 0.4) is 0 Å². The van der Waals surface area contributed by atoms with Gasteiger partial charge in [0.05, 0.1) is 6.10 Å². The standard InChI is InChI=1S/C16H18BrNO/c1-19-13-4-6-15(7-5-13)9-11-2-3-12(17)8-14(11)16(15)10-18-16/h2-3,8,10,13H,4-7,9H2,1H3. The van der Waals surface area contributed by atoms with Crippen LogP contribution in [0.1, 0.15) is 36.8 Å². The molecule has 0 radical (unpaired) electrons. The maximum absolute atomic E-state index is 5.53. The van der Waals surface area contributed by atoms with Gasteiger partial charge in [0, 0.05) is 23.2 Å². The number of rotatable bonds is 1. The minimum atomic E-state index is 0.0326. The second kappa shape index (κ2) is 3.92. The number of aliphatic imine (C=N–C) groups is 1. The van der Waals surface area contributed by atoms with Gasteiger partial charge in [0.2, 0.25) is 0 Å². The van der Waals surface area contributed by atoms with Gasteiger partial charge in [0.1, 0.15) is 5.54 Å². The van der Waals surface area contributed by atoms with Gasteiger partial charge in [-0.25, -0.2) is 0 Å². The highest BCUT2D eigenvalue weighted by Gasteiger charge is 2.62. The molecule has 3 aliphatic rings. The van der Waals surface area contributed by atoms with Crippen LogP contribution in [-0.4, -0.2) is 19.4 Å². The summed E-state index contributed by atoms with van der Waals surface area (Å²) in [6.07, 6.45) is 8.66. The van der Waals surface area contributed by atoms with Crippen molar-refractivity contribution in [1.82, 2.24) is 0 Å². The molecule has 1 atom stereocenters. The first kappa shape index (κ1) is 12.1. The van der Waals surface area contributed by atoms with Gasteiger partial charge < -0.3 is 4.74 Å². The minimum absolute atomic E-state index is 0.0326. The Bertz CT molecular complexity index is 552. The predicted octanol–water partition coefficient (Wildman–Crippen LogP) is 3.86. The summed E-state index contributed by atoms with van der Waals surface area (Å²) in [5, 5.41) is 0. The molecule has 2 spiro atoms. The van der Waals surface area contributed by atoms with E-state index in [4.69, 9.17) is 9.73 Å². The zero-order chi connectivity index (χ0) is 13.1. The smallest absolute Gasteiger partial charge is 0.126 e. The molecule has 0 amide bonds. The number of hydrogen-bond acceptors (Lipinski definition) is 2. The number of nitrogens with zero attached hydrogens (tertiary/aromatic N) is 1. The van der Waals surface area contributed by atoms with E-state index in [0.717, 1.165) is 0 Å². The van der Waals surface area contributed by atoms with Crippen molar-refractivity contribution in [3.63, 3.8) is 0 Å². The summed E-state index contributed by atoms with van der Waals surface area (Å²) < 4.78 is 6.70. The molecule has 1 aromatic rings. The van der Waals surface area contributed by atoms with Gasteiger partial charge in [0.25, 0.3) is 0 Å². The summed E-state index contributed by atoms with van der Waals surface area (Å²) in [4.78, 5) is 4.76. The molecular weight excluding hydrogens is 302 g/mol. The van der Waals surface area contributed by atoms with Crippen molar-refractivity contribution in [3.05, 3.63) is 33.8 Å². The molecule has 1 saturated carbocycles. The average molecular weight is 320 g/mol. The molecule has 0 aromatic heterocycles. The summed E-state index contributed by atoms with van der Waals surface area (Å²) in [6, 6.07) is 6.72. The van der Waals surface area contributed by atoms with Crippen LogP contribution >= 0.6 is 15.9 Å². The Hall–Kier alpha value is -0.670. The molecule has 1 heterocycles. The highest BCUT2D eigenvalue weighted by Crippen LogP contribution is 2.63. The number of ether oxygens (including phenoxy) is 1. The van der Waals surface area contributed by atoms with Crippen LogP contribution in [0.5, 0.6) is 0 Å². The van der Waals surface area contributed by atoms with Crippen LogP contribution in [0.25, 0.3) is 0 Å². The Labute approximate surface area is 122 Å². The van der Waals surface area contributed by atoms with Crippen molar-refractivity contribution in [3.8, 4) is 0 Å². The lowest BCUT2D eigenvalue weighted by atomic mass is 9.64. The van der Waals surface area contributed by atoms with Crippen molar-refractivity contribution >= 4 is 22.1 Å². The third-order valence-electron chi connectivity index (χ3n) is 5.43. The zero-order valence-electron chi connectivity index (χ0n) is 11.2. The monoisotopic (exact) mass is 319 g/mol. The summed E-state index contributed by atoms with van der Waals surface area (Å²) >= 11 is 3.60. The lowest BCUT2D eigenvalue weighted by Crippen LogP contribution is -2.39. The van der Waals surface area contributed by atoms with Crippen LogP contribution in [0, 0.1) is 5.41 Å². The van der Waals surface area contributed by atoms with E-state index >= 15 is 0 Å². The van der Waals surface area contributed by atoms with Crippen molar-refractivity contribution in [1.29, 1.82) is 0 Å². The predicted molar refractivity (Wildman–Crippen MR) is 79.7 cm³/mol. The highest BCUT2D eigenvalue weighted by atomic mass is 79.9. The van der Waals surface area contributed by atoms with Crippen LogP contribution in [0.15, 0.2) is 27.7 Å². The number of methoxy groups -OCH3 is 1. The molecule has 1 aromatic carbocycles. The maximum Gasteiger partial charge on any atom is 0.126 e. The van der Waals surface area contributed by atoms with Gasteiger partial charge in [0.15, 0.2) is 0 Å². The summed E-state index contributed by atoms with van der Waals surface area (Å²) in [5.74, 6) is 0. The van der Waals surface area contributed by atoms with E-state index < -0.39 is 0 Å². The fourth-order valence-corrected chi connectivity index (χ4v) is 4.62. The second-order valence-electron chi connectivity index (χ2n) is 6.22. The van der Waals surface area contributed by atoms with Crippen molar-refractivity contribution in [2.45, 2.75) is 43.7 Å². The van der Waals surface area contributed by atoms with Gasteiger partial charge >= 0.3 is 0 Å². The topological polar surface area (TPSA) is 21.6 Å². The van der Waals surface area contributed by atoms with E-state index in [1.807, 2.05) is 7.11 Å². The van der Waals surface area contributed by atoms with Crippen LogP contribution in [0.2, 0.25) is 0 Å². The molecular formula is C16H18BrNO. The van der Waals surface area contributed by atoms with Gasteiger partial charge in [-0.05, 0) is 55.4 Å². The first-order chi connectivity index (χ1) is 9.19. The Morgan fingerprint density at radius 3 is 2.68 bits per heavy atom. The Morgan fingerprint density at radius 2 is 2.05 bits per heavy atom. The molecule has 2 aliphatic carbocycles. The molecule has 1 unspecified atom stereocenters. The Balaban J connectivity index is 1.71. The SMILES string of the molecule is COC1CCC2(CC1)Cc1ccc(Br)cc1C21C=N1. The fourth-order valence-electron chi connectivity index (χ4n) is 4.26. The van der Waals surface area contributed by atoms with Crippen molar-refractivity contribution in [2.75, 3.05) is 7.11 Å². The Morgan fingerprint density at radius 1 is 1.32 bits per heavy atom. The van der Waals surface area contributed by atoms with Gasteiger partial charge in [-0.15, -0.1) is 0 Å². The zero-order valence-corrected chi connectivity index (χ0v) is 12.7. The average Bonchev–Trinajstić information content (AvgIpc) is 3.19. The van der Waals surface area contributed by atoms with E-state index in [9.17, 15) is 0 Å². The largest absolute Gasteiger partial charge is 0.381 e. The third-order valence-corrected chi connectivity index (χ3v) is 5.92. The summed E-state index contributed by atoms with van der Waals surface area (Å²) in [6.45, 7) is 0. The first-order valence-corrected chi connectivity index (χ1v) is 7.87. The minimum Gasteiger partial charge on any atom is -0.381 e. The molecule has 3 heteroatoms. The summed E-state index contributed by atoms with van der Waals surface area (Å²) in [7, 11) is 1.84. The number of halogens is 1. The molecule has 19 heavy (non-hydrogen) atoms. The molecule has 4 rings (SSSR count). The number of benzene rings is 1. The van der Waals surface area contributed by atoms with E-state index in [2.05, 4.69) is 40.3 Å². The van der Waals surface area contributed by atoms with Crippen LogP contribution in [-0.2, 0) is 16.7 Å². The van der Waals surface area contributed by atoms with Crippen LogP contribution < -0.4 is 0 Å². The maximum atomic E-state index is 5.53. The molecule has 1 aliphatic heterocycles. The second-order valence-corrected chi connectivity index (χ2v) is 7.13. The first-order valence-electron chi connectivity index (χ1n) is 7.07. The molecule has 1 fully saturated rings. The highest BCUT2D eigenvalue weighted by molar-refractivity contribution is 9.10. The van der Waals surface area contributed by atoms with Crippen LogP contribution in [0.4, 0.5) is 0 Å². The number of hydrogen-bond donors (Lipinski definition) is 0. The van der Waals surface area contributed by atoms with E-state index in [0.29, 0.717) is 11.5 Å². The van der Waals surface area contributed by atoms with E-state index in [1.165, 1.54) is 47.7 Å². The summed E-state index contributed by atoms with van der Waals surface area (Å²) in [5.41, 5.74) is 3.31. The Kier molecular flexibility index (Phi) is 2.50. The van der Waals surface area contributed by atoms with Gasteiger partial charge in [-0.2, -0.15) is 0 Å². The fraction of sp³-hybridized carbons (Fsp3) is 0.562. The van der Waals surface area contributed by atoms with Gasteiger partial charge in [-0.3, -0.25) is 4.99 Å². The molecule has 0 N–H and O–H groups in total. The lowest BCUT2D eigenvalue weighted by molar-refractivity contribution is 0.0179. The molecule has 2 nitrogen and oxygen atoms in total. The lowest BCUT2D eigenvalue weighted by Gasteiger charge is -2.40. The van der Waals surface area contributed by atoms with Gasteiger partial charge in [-0.1, -0.05) is 22.0 Å². The molecule has 0 saturated heterocycles. The molecule has 0 bridgehead atoms.